The zero-order valence-corrected chi connectivity index (χ0v) is 12.9. The van der Waals surface area contributed by atoms with Crippen LogP contribution in [0.3, 0.4) is 0 Å². The molecule has 0 atom stereocenters. The number of nitro groups is 1. The lowest BCUT2D eigenvalue weighted by atomic mass is 10.1. The van der Waals surface area contributed by atoms with E-state index in [9.17, 15) is 10.1 Å². The van der Waals surface area contributed by atoms with Gasteiger partial charge in [0, 0.05) is 32.2 Å². The fraction of sp³-hybridized carbons (Fsp3) is 0.600. The topological polar surface area (TPSA) is 67.6 Å². The third-order valence-corrected chi connectivity index (χ3v) is 3.54. The van der Waals surface area contributed by atoms with Crippen LogP contribution in [0.2, 0.25) is 0 Å². The van der Waals surface area contributed by atoms with Crippen molar-refractivity contribution in [1.82, 2.24) is 4.90 Å². The molecule has 1 aromatic rings. The van der Waals surface area contributed by atoms with Crippen LogP contribution in [0, 0.1) is 10.1 Å². The molecule has 0 saturated carbocycles. The molecular weight excluding hydrogens is 270 g/mol. The average Bonchev–Trinajstić information content (AvgIpc) is 2.37. The zero-order valence-electron chi connectivity index (χ0n) is 12.9. The number of nitro benzene ring substituents is 1. The minimum Gasteiger partial charge on any atom is -0.380 e. The summed E-state index contributed by atoms with van der Waals surface area (Å²) in [5, 5.41) is 14.1. The lowest BCUT2D eigenvalue weighted by Gasteiger charge is -2.38. The number of nitrogens with one attached hydrogen (secondary N) is 1. The standard InChI is InChI=1S/C15H23N3O3/c1-4-16-13-9-12(5-6-14(13)18(19)20)10-17-7-8-21-15(2,3)11-17/h5-6,9,16H,4,7-8,10-11H2,1-3H3. The summed E-state index contributed by atoms with van der Waals surface area (Å²) >= 11 is 0. The normalized spacial score (nSPS) is 18.4. The molecule has 21 heavy (non-hydrogen) atoms. The van der Waals surface area contributed by atoms with Gasteiger partial charge in [0.25, 0.3) is 5.69 Å². The molecule has 1 heterocycles. The maximum absolute atomic E-state index is 11.0. The van der Waals surface area contributed by atoms with Crippen LogP contribution >= 0.6 is 0 Å². The van der Waals surface area contributed by atoms with Gasteiger partial charge < -0.3 is 10.1 Å². The van der Waals surface area contributed by atoms with Crippen molar-refractivity contribution in [2.24, 2.45) is 0 Å². The van der Waals surface area contributed by atoms with E-state index in [-0.39, 0.29) is 16.2 Å². The molecule has 1 fully saturated rings. The maximum Gasteiger partial charge on any atom is 0.292 e. The molecule has 1 aliphatic rings. The maximum atomic E-state index is 11.0. The molecule has 1 saturated heterocycles. The fourth-order valence-electron chi connectivity index (χ4n) is 2.68. The first-order chi connectivity index (χ1) is 9.91. The highest BCUT2D eigenvalue weighted by molar-refractivity contribution is 5.62. The van der Waals surface area contributed by atoms with Crippen LogP contribution in [0.1, 0.15) is 26.3 Å². The van der Waals surface area contributed by atoms with E-state index in [4.69, 9.17) is 4.74 Å². The van der Waals surface area contributed by atoms with E-state index in [0.29, 0.717) is 12.2 Å². The van der Waals surface area contributed by atoms with E-state index in [1.165, 1.54) is 0 Å². The van der Waals surface area contributed by atoms with E-state index >= 15 is 0 Å². The summed E-state index contributed by atoms with van der Waals surface area (Å²) in [6.07, 6.45) is 0. The van der Waals surface area contributed by atoms with E-state index in [1.54, 1.807) is 6.07 Å². The van der Waals surface area contributed by atoms with E-state index in [1.807, 2.05) is 19.1 Å². The Balaban J connectivity index is 2.13. The first-order valence-corrected chi connectivity index (χ1v) is 7.29. The molecule has 0 aliphatic carbocycles. The molecule has 0 radical (unpaired) electrons. The zero-order chi connectivity index (χ0) is 15.5. The molecule has 6 heteroatoms. The number of benzene rings is 1. The van der Waals surface area contributed by atoms with Gasteiger partial charge in [0.1, 0.15) is 5.69 Å². The summed E-state index contributed by atoms with van der Waals surface area (Å²) in [5.74, 6) is 0. The Morgan fingerprint density at radius 2 is 2.24 bits per heavy atom. The van der Waals surface area contributed by atoms with Gasteiger partial charge in [0.05, 0.1) is 17.1 Å². The lowest BCUT2D eigenvalue weighted by molar-refractivity contribution is -0.384. The number of hydrogen-bond acceptors (Lipinski definition) is 5. The van der Waals surface area contributed by atoms with E-state index in [0.717, 1.165) is 31.8 Å². The smallest absolute Gasteiger partial charge is 0.292 e. The van der Waals surface area contributed by atoms with Crippen molar-refractivity contribution >= 4 is 11.4 Å². The Bertz CT molecular complexity index is 517. The minimum absolute atomic E-state index is 0.128. The van der Waals surface area contributed by atoms with Crippen molar-refractivity contribution in [3.8, 4) is 0 Å². The van der Waals surface area contributed by atoms with Crippen molar-refractivity contribution in [3.63, 3.8) is 0 Å². The highest BCUT2D eigenvalue weighted by Crippen LogP contribution is 2.27. The monoisotopic (exact) mass is 293 g/mol. The van der Waals surface area contributed by atoms with Crippen LogP contribution in [-0.4, -0.2) is 41.7 Å². The molecule has 0 aromatic heterocycles. The second-order valence-electron chi connectivity index (χ2n) is 5.96. The van der Waals surface area contributed by atoms with Gasteiger partial charge in [0.2, 0.25) is 0 Å². The Labute approximate surface area is 125 Å². The van der Waals surface area contributed by atoms with Crippen LogP contribution < -0.4 is 5.32 Å². The largest absolute Gasteiger partial charge is 0.380 e. The molecule has 1 aliphatic heterocycles. The van der Waals surface area contributed by atoms with Gasteiger partial charge >= 0.3 is 0 Å². The van der Waals surface area contributed by atoms with Crippen molar-refractivity contribution in [2.75, 3.05) is 31.6 Å². The predicted octanol–water partition coefficient (Wildman–Crippen LogP) is 2.64. The first-order valence-electron chi connectivity index (χ1n) is 7.29. The molecule has 0 bridgehead atoms. The Hall–Kier alpha value is -1.66. The molecule has 0 spiro atoms. The van der Waals surface area contributed by atoms with E-state index in [2.05, 4.69) is 24.1 Å². The van der Waals surface area contributed by atoms with Crippen LogP contribution in [0.25, 0.3) is 0 Å². The molecule has 116 valence electrons. The highest BCUT2D eigenvalue weighted by atomic mass is 16.6. The summed E-state index contributed by atoms with van der Waals surface area (Å²) in [4.78, 5) is 13.0. The van der Waals surface area contributed by atoms with Gasteiger partial charge in [-0.15, -0.1) is 0 Å². The number of nitrogens with zero attached hydrogens (tertiary/aromatic N) is 2. The predicted molar refractivity (Wildman–Crippen MR) is 82.6 cm³/mol. The summed E-state index contributed by atoms with van der Waals surface area (Å²) < 4.78 is 5.70. The van der Waals surface area contributed by atoms with Gasteiger partial charge in [-0.05, 0) is 32.4 Å². The third kappa shape index (κ3) is 4.15. The fourth-order valence-corrected chi connectivity index (χ4v) is 2.68. The van der Waals surface area contributed by atoms with Crippen LogP contribution in [0.15, 0.2) is 18.2 Å². The third-order valence-electron chi connectivity index (χ3n) is 3.54. The molecular formula is C15H23N3O3. The van der Waals surface area contributed by atoms with Crippen molar-refractivity contribution in [3.05, 3.63) is 33.9 Å². The van der Waals surface area contributed by atoms with Crippen LogP contribution in [0.5, 0.6) is 0 Å². The molecule has 1 N–H and O–H groups in total. The van der Waals surface area contributed by atoms with Crippen molar-refractivity contribution in [1.29, 1.82) is 0 Å². The lowest BCUT2D eigenvalue weighted by Crippen LogP contribution is -2.47. The number of ether oxygens (including phenoxy) is 1. The Kier molecular flexibility index (Phi) is 4.80. The number of morpholine rings is 1. The van der Waals surface area contributed by atoms with Crippen molar-refractivity contribution < 1.29 is 9.66 Å². The van der Waals surface area contributed by atoms with Gasteiger partial charge in [-0.3, -0.25) is 15.0 Å². The number of anilines is 1. The quantitative estimate of drug-likeness (QED) is 0.667. The van der Waals surface area contributed by atoms with E-state index < -0.39 is 0 Å². The Morgan fingerprint density at radius 3 is 2.86 bits per heavy atom. The Morgan fingerprint density at radius 1 is 1.48 bits per heavy atom. The molecule has 1 aromatic carbocycles. The highest BCUT2D eigenvalue weighted by Gasteiger charge is 2.27. The van der Waals surface area contributed by atoms with Gasteiger partial charge in [-0.2, -0.15) is 0 Å². The number of rotatable bonds is 5. The molecule has 6 nitrogen and oxygen atoms in total. The van der Waals surface area contributed by atoms with Gasteiger partial charge in [-0.1, -0.05) is 6.07 Å². The molecule has 0 unspecified atom stereocenters. The SMILES string of the molecule is CCNc1cc(CN2CCOC(C)(C)C2)ccc1[N+](=O)[O-]. The summed E-state index contributed by atoms with van der Waals surface area (Å²) in [7, 11) is 0. The first kappa shape index (κ1) is 15.7. The second-order valence-corrected chi connectivity index (χ2v) is 5.96. The minimum atomic E-state index is -0.348. The van der Waals surface area contributed by atoms with Gasteiger partial charge in [0.15, 0.2) is 0 Å². The molecule has 0 amide bonds. The summed E-state index contributed by atoms with van der Waals surface area (Å²) in [5.41, 5.74) is 1.66. The second kappa shape index (κ2) is 6.41. The van der Waals surface area contributed by atoms with Crippen LogP contribution in [-0.2, 0) is 11.3 Å². The van der Waals surface area contributed by atoms with Gasteiger partial charge in [-0.25, -0.2) is 0 Å². The molecule has 2 rings (SSSR count). The average molecular weight is 293 g/mol. The summed E-state index contributed by atoms with van der Waals surface area (Å²) in [6.45, 7) is 10.0. The van der Waals surface area contributed by atoms with Crippen molar-refractivity contribution in [2.45, 2.75) is 32.9 Å². The van der Waals surface area contributed by atoms with Crippen LogP contribution in [0.4, 0.5) is 11.4 Å². The number of hydrogen-bond donors (Lipinski definition) is 1. The summed E-state index contributed by atoms with van der Waals surface area (Å²) in [6, 6.07) is 5.30.